The van der Waals surface area contributed by atoms with Crippen LogP contribution < -0.4 is 14.9 Å². The van der Waals surface area contributed by atoms with Gasteiger partial charge in [0.25, 0.3) is 0 Å². The van der Waals surface area contributed by atoms with Gasteiger partial charge >= 0.3 is 0 Å². The lowest BCUT2D eigenvalue weighted by Gasteiger charge is -2.10. The van der Waals surface area contributed by atoms with E-state index in [0.717, 1.165) is 11.1 Å². The van der Waals surface area contributed by atoms with Crippen molar-refractivity contribution in [2.45, 2.75) is 6.54 Å². The van der Waals surface area contributed by atoms with Crippen molar-refractivity contribution in [1.29, 1.82) is 0 Å². The summed E-state index contributed by atoms with van der Waals surface area (Å²) < 4.78 is 10.6. The Labute approximate surface area is 139 Å². The van der Waals surface area contributed by atoms with Gasteiger partial charge in [0.05, 0.1) is 27.0 Å². The molecule has 0 unspecified atom stereocenters. The lowest BCUT2D eigenvalue weighted by molar-refractivity contribution is 0.354. The Morgan fingerprint density at radius 3 is 2.36 bits per heavy atom. The third kappa shape index (κ3) is 3.84. The molecule has 6 heteroatoms. The molecule has 0 aromatic heterocycles. The van der Waals surface area contributed by atoms with Crippen molar-refractivity contribution >= 4 is 29.4 Å². The first kappa shape index (κ1) is 16.5. The number of methoxy groups -OCH3 is 2. The number of rotatable bonds is 6. The number of hydrogen-bond donors (Lipinski definition) is 1. The highest BCUT2D eigenvalue weighted by Crippen LogP contribution is 2.29. The molecule has 22 heavy (non-hydrogen) atoms. The SMILES string of the molecule is COc1cccc(/C=N/NCc2c(Cl)cccc2Cl)c1OC. The standard InChI is InChI=1S/C16H16Cl2N2O2/c1-21-15-8-3-5-11(16(15)22-2)9-19-20-10-12-13(17)6-4-7-14(12)18/h3-9,20H,10H2,1-2H3/b19-9+. The van der Waals surface area contributed by atoms with E-state index in [4.69, 9.17) is 32.7 Å². The molecule has 0 aliphatic rings. The summed E-state index contributed by atoms with van der Waals surface area (Å²) in [5.74, 6) is 1.28. The van der Waals surface area contributed by atoms with Gasteiger partial charge in [-0.3, -0.25) is 0 Å². The van der Waals surface area contributed by atoms with Gasteiger partial charge in [0.2, 0.25) is 0 Å². The largest absolute Gasteiger partial charge is 0.493 e. The van der Waals surface area contributed by atoms with E-state index in [-0.39, 0.29) is 0 Å². The van der Waals surface area contributed by atoms with Gasteiger partial charge in [-0.2, -0.15) is 5.10 Å². The van der Waals surface area contributed by atoms with Crippen LogP contribution >= 0.6 is 23.2 Å². The third-order valence-electron chi connectivity index (χ3n) is 3.05. The average molecular weight is 339 g/mol. The lowest BCUT2D eigenvalue weighted by Crippen LogP contribution is -2.07. The first-order valence-corrected chi connectivity index (χ1v) is 7.32. The molecule has 116 valence electrons. The van der Waals surface area contributed by atoms with Gasteiger partial charge in [0.15, 0.2) is 11.5 Å². The molecular weight excluding hydrogens is 323 g/mol. The van der Waals surface area contributed by atoms with Crippen LogP contribution in [0.3, 0.4) is 0 Å². The minimum Gasteiger partial charge on any atom is -0.493 e. The summed E-state index contributed by atoms with van der Waals surface area (Å²) in [7, 11) is 3.18. The smallest absolute Gasteiger partial charge is 0.169 e. The quantitative estimate of drug-likeness (QED) is 0.636. The number of hydrogen-bond acceptors (Lipinski definition) is 4. The number of nitrogens with one attached hydrogen (secondary N) is 1. The molecule has 2 aromatic carbocycles. The fourth-order valence-electron chi connectivity index (χ4n) is 1.95. The van der Waals surface area contributed by atoms with E-state index in [2.05, 4.69) is 10.5 Å². The zero-order chi connectivity index (χ0) is 15.9. The van der Waals surface area contributed by atoms with Crippen molar-refractivity contribution in [3.63, 3.8) is 0 Å². The molecule has 0 atom stereocenters. The van der Waals surface area contributed by atoms with E-state index in [9.17, 15) is 0 Å². The summed E-state index contributed by atoms with van der Waals surface area (Å²) >= 11 is 12.2. The molecule has 0 saturated carbocycles. The predicted molar refractivity (Wildman–Crippen MR) is 90.4 cm³/mol. The molecule has 0 spiro atoms. The molecule has 0 amide bonds. The van der Waals surface area contributed by atoms with Gasteiger partial charge in [-0.15, -0.1) is 0 Å². The molecular formula is C16H16Cl2N2O2. The molecule has 0 radical (unpaired) electrons. The van der Waals surface area contributed by atoms with Gasteiger partial charge in [-0.05, 0) is 24.3 Å². The molecule has 0 bridgehead atoms. The Morgan fingerprint density at radius 1 is 1.05 bits per heavy atom. The van der Waals surface area contributed by atoms with E-state index in [1.165, 1.54) is 0 Å². The number of halogens is 2. The number of nitrogens with zero attached hydrogens (tertiary/aromatic N) is 1. The molecule has 4 nitrogen and oxygen atoms in total. The number of para-hydroxylation sites is 1. The first-order valence-electron chi connectivity index (χ1n) is 6.57. The topological polar surface area (TPSA) is 42.8 Å². The predicted octanol–water partition coefficient (Wildman–Crippen LogP) is 4.13. The Kier molecular flexibility index (Phi) is 5.92. The second kappa shape index (κ2) is 7.92. The molecule has 0 heterocycles. The zero-order valence-electron chi connectivity index (χ0n) is 12.3. The van der Waals surface area contributed by atoms with Crippen LogP contribution in [0.1, 0.15) is 11.1 Å². The average Bonchev–Trinajstić information content (AvgIpc) is 2.53. The Bertz CT molecular complexity index is 655. The van der Waals surface area contributed by atoms with Crippen molar-refractivity contribution in [3.8, 4) is 11.5 Å². The van der Waals surface area contributed by atoms with E-state index in [1.54, 1.807) is 38.6 Å². The summed E-state index contributed by atoms with van der Waals surface area (Å²) in [6.07, 6.45) is 1.66. The summed E-state index contributed by atoms with van der Waals surface area (Å²) in [5.41, 5.74) is 4.54. The van der Waals surface area contributed by atoms with Crippen LogP contribution in [0.2, 0.25) is 10.0 Å². The van der Waals surface area contributed by atoms with Crippen LogP contribution in [0.25, 0.3) is 0 Å². The van der Waals surface area contributed by atoms with Gasteiger partial charge < -0.3 is 14.9 Å². The zero-order valence-corrected chi connectivity index (χ0v) is 13.8. The van der Waals surface area contributed by atoms with E-state index < -0.39 is 0 Å². The highest BCUT2D eigenvalue weighted by molar-refractivity contribution is 6.35. The fourth-order valence-corrected chi connectivity index (χ4v) is 2.49. The molecule has 1 N–H and O–H groups in total. The Balaban J connectivity index is 2.07. The number of hydrazone groups is 1. The lowest BCUT2D eigenvalue weighted by atomic mass is 10.2. The van der Waals surface area contributed by atoms with Crippen LogP contribution in [0.4, 0.5) is 0 Å². The van der Waals surface area contributed by atoms with Crippen molar-refractivity contribution in [1.82, 2.24) is 5.43 Å². The monoisotopic (exact) mass is 338 g/mol. The highest BCUT2D eigenvalue weighted by atomic mass is 35.5. The molecule has 2 rings (SSSR count). The number of benzene rings is 2. The maximum absolute atomic E-state index is 6.10. The van der Waals surface area contributed by atoms with Gasteiger partial charge in [-0.1, -0.05) is 35.3 Å². The van der Waals surface area contributed by atoms with Crippen molar-refractivity contribution < 1.29 is 9.47 Å². The van der Waals surface area contributed by atoms with Crippen LogP contribution in [0.5, 0.6) is 11.5 Å². The van der Waals surface area contributed by atoms with Crippen LogP contribution in [-0.4, -0.2) is 20.4 Å². The Hall–Kier alpha value is -1.91. The van der Waals surface area contributed by atoms with E-state index in [1.807, 2.05) is 18.2 Å². The van der Waals surface area contributed by atoms with Crippen LogP contribution in [0.15, 0.2) is 41.5 Å². The van der Waals surface area contributed by atoms with Crippen molar-refractivity contribution in [3.05, 3.63) is 57.6 Å². The van der Waals surface area contributed by atoms with Crippen LogP contribution in [0, 0.1) is 0 Å². The minimum atomic E-state index is 0.432. The maximum atomic E-state index is 6.10. The Morgan fingerprint density at radius 2 is 1.73 bits per heavy atom. The highest BCUT2D eigenvalue weighted by Gasteiger charge is 2.07. The van der Waals surface area contributed by atoms with Gasteiger partial charge in [0.1, 0.15) is 0 Å². The second-order valence-electron chi connectivity index (χ2n) is 4.38. The normalized spacial score (nSPS) is 10.7. The molecule has 2 aromatic rings. The van der Waals surface area contributed by atoms with E-state index >= 15 is 0 Å². The second-order valence-corrected chi connectivity index (χ2v) is 5.19. The molecule has 0 fully saturated rings. The number of ether oxygens (including phenoxy) is 2. The molecule has 0 saturated heterocycles. The third-order valence-corrected chi connectivity index (χ3v) is 3.75. The summed E-state index contributed by atoms with van der Waals surface area (Å²) in [6, 6.07) is 11.0. The fraction of sp³-hybridized carbons (Fsp3) is 0.188. The molecule has 0 aliphatic heterocycles. The van der Waals surface area contributed by atoms with E-state index in [0.29, 0.717) is 28.1 Å². The van der Waals surface area contributed by atoms with Crippen molar-refractivity contribution in [2.75, 3.05) is 14.2 Å². The summed E-state index contributed by atoms with van der Waals surface area (Å²) in [5, 5.41) is 5.39. The summed E-state index contributed by atoms with van der Waals surface area (Å²) in [6.45, 7) is 0.432. The summed E-state index contributed by atoms with van der Waals surface area (Å²) in [4.78, 5) is 0. The molecule has 0 aliphatic carbocycles. The minimum absolute atomic E-state index is 0.432. The van der Waals surface area contributed by atoms with Gasteiger partial charge in [0, 0.05) is 21.2 Å². The maximum Gasteiger partial charge on any atom is 0.169 e. The first-order chi connectivity index (χ1) is 10.7. The van der Waals surface area contributed by atoms with Gasteiger partial charge in [-0.25, -0.2) is 0 Å². The van der Waals surface area contributed by atoms with Crippen molar-refractivity contribution in [2.24, 2.45) is 5.10 Å². The van der Waals surface area contributed by atoms with Crippen LogP contribution in [-0.2, 0) is 6.54 Å².